The summed E-state index contributed by atoms with van der Waals surface area (Å²) in [5.41, 5.74) is 0. The first-order chi connectivity index (χ1) is 43.7. The normalized spacial score (nSPS) is 14.8. The Morgan fingerprint density at radius 2 is 0.527 bits per heavy atom. The van der Waals surface area contributed by atoms with Gasteiger partial charge in [-0.3, -0.25) is 37.3 Å². The molecule has 17 nitrogen and oxygen atoms in total. The van der Waals surface area contributed by atoms with Crippen LogP contribution >= 0.6 is 15.6 Å². The Hall–Kier alpha value is -1.94. The van der Waals surface area contributed by atoms with E-state index >= 15 is 0 Å². The summed E-state index contributed by atoms with van der Waals surface area (Å²) in [5, 5.41) is 10.6. The van der Waals surface area contributed by atoms with E-state index in [1.807, 2.05) is 0 Å². The Labute approximate surface area is 556 Å². The van der Waals surface area contributed by atoms with Gasteiger partial charge in [-0.1, -0.05) is 306 Å². The Morgan fingerprint density at radius 1 is 0.308 bits per heavy atom. The second-order valence-electron chi connectivity index (χ2n) is 27.4. The van der Waals surface area contributed by atoms with Crippen LogP contribution in [0.25, 0.3) is 0 Å². The Kier molecular flexibility index (Phi) is 60.3. The van der Waals surface area contributed by atoms with E-state index in [2.05, 4.69) is 55.4 Å². The summed E-state index contributed by atoms with van der Waals surface area (Å²) in [6.07, 6.45) is 44.6. The van der Waals surface area contributed by atoms with Crippen molar-refractivity contribution in [1.82, 2.24) is 0 Å². The van der Waals surface area contributed by atoms with Gasteiger partial charge in [0.25, 0.3) is 0 Å². The van der Waals surface area contributed by atoms with E-state index in [1.165, 1.54) is 154 Å². The summed E-state index contributed by atoms with van der Waals surface area (Å²) < 4.78 is 68.3. The van der Waals surface area contributed by atoms with Crippen molar-refractivity contribution in [3.8, 4) is 0 Å². The highest BCUT2D eigenvalue weighted by molar-refractivity contribution is 7.47. The van der Waals surface area contributed by atoms with Gasteiger partial charge in [0.2, 0.25) is 0 Å². The highest BCUT2D eigenvalue weighted by atomic mass is 31.2. The maximum Gasteiger partial charge on any atom is 0.472 e. The molecule has 0 radical (unpaired) electrons. The molecule has 19 heteroatoms. The molecule has 0 aliphatic carbocycles. The molecule has 0 aromatic heterocycles. The predicted octanol–water partition coefficient (Wildman–Crippen LogP) is 20.5. The average molecular weight is 1340 g/mol. The van der Waals surface area contributed by atoms with Crippen LogP contribution in [0.3, 0.4) is 0 Å². The molecule has 0 saturated carbocycles. The highest BCUT2D eigenvalue weighted by Crippen LogP contribution is 2.45. The van der Waals surface area contributed by atoms with Crippen molar-refractivity contribution in [3.63, 3.8) is 0 Å². The summed E-state index contributed by atoms with van der Waals surface area (Å²) >= 11 is 0. The minimum atomic E-state index is -4.95. The molecule has 91 heavy (non-hydrogen) atoms. The van der Waals surface area contributed by atoms with Crippen molar-refractivity contribution in [3.05, 3.63) is 0 Å². The molecular weight excluding hydrogens is 1200 g/mol. The zero-order chi connectivity index (χ0) is 67.5. The van der Waals surface area contributed by atoms with Crippen LogP contribution in [0.5, 0.6) is 0 Å². The number of hydrogen-bond acceptors (Lipinski definition) is 15. The molecular formula is C72H140O17P2. The molecule has 0 heterocycles. The zero-order valence-corrected chi connectivity index (χ0v) is 61.3. The number of unbranched alkanes of at least 4 members (excludes halogenated alkanes) is 33. The lowest BCUT2D eigenvalue weighted by molar-refractivity contribution is -0.161. The minimum Gasteiger partial charge on any atom is -0.462 e. The van der Waals surface area contributed by atoms with Crippen LogP contribution in [0, 0.1) is 23.7 Å². The van der Waals surface area contributed by atoms with Gasteiger partial charge < -0.3 is 33.8 Å². The van der Waals surface area contributed by atoms with Crippen molar-refractivity contribution in [2.75, 3.05) is 39.6 Å². The van der Waals surface area contributed by atoms with Crippen molar-refractivity contribution >= 4 is 39.5 Å². The molecule has 0 rings (SSSR count). The lowest BCUT2D eigenvalue weighted by Crippen LogP contribution is -2.30. The van der Waals surface area contributed by atoms with E-state index in [0.29, 0.717) is 31.6 Å². The number of rotatable bonds is 69. The highest BCUT2D eigenvalue weighted by Gasteiger charge is 2.30. The van der Waals surface area contributed by atoms with Gasteiger partial charge in [0, 0.05) is 25.7 Å². The van der Waals surface area contributed by atoms with Crippen molar-refractivity contribution < 1.29 is 80.2 Å². The summed E-state index contributed by atoms with van der Waals surface area (Å²) in [6.45, 7) is 14.1. The maximum absolute atomic E-state index is 13.0. The Bertz CT molecular complexity index is 1800. The first kappa shape index (κ1) is 89.1. The lowest BCUT2D eigenvalue weighted by atomic mass is 9.99. The van der Waals surface area contributed by atoms with Crippen molar-refractivity contribution in [2.45, 2.75) is 375 Å². The molecule has 0 fully saturated rings. The molecule has 0 amide bonds. The third-order valence-corrected chi connectivity index (χ3v) is 19.2. The summed E-state index contributed by atoms with van der Waals surface area (Å²) in [6, 6.07) is 0. The summed E-state index contributed by atoms with van der Waals surface area (Å²) in [5.74, 6) is 0.881. The number of phosphoric ester groups is 2. The first-order valence-corrected chi connectivity index (χ1v) is 40.3. The fourth-order valence-electron chi connectivity index (χ4n) is 10.8. The quantitative estimate of drug-likeness (QED) is 0.0222. The van der Waals surface area contributed by atoms with E-state index < -0.39 is 97.5 Å². The van der Waals surface area contributed by atoms with Crippen LogP contribution in [-0.2, 0) is 65.4 Å². The number of carbonyl (C=O) groups excluding carboxylic acids is 4. The number of hydrogen-bond donors (Lipinski definition) is 3. The van der Waals surface area contributed by atoms with Crippen molar-refractivity contribution in [1.29, 1.82) is 0 Å². The molecule has 5 unspecified atom stereocenters. The molecule has 0 aromatic carbocycles. The topological polar surface area (TPSA) is 237 Å². The predicted molar refractivity (Wildman–Crippen MR) is 367 cm³/mol. The van der Waals surface area contributed by atoms with Crippen LogP contribution in [0.4, 0.5) is 0 Å². The van der Waals surface area contributed by atoms with Gasteiger partial charge in [0.1, 0.15) is 19.3 Å². The third kappa shape index (κ3) is 63.9. The maximum atomic E-state index is 13.0. The smallest absolute Gasteiger partial charge is 0.462 e. The van der Waals surface area contributed by atoms with Crippen LogP contribution < -0.4 is 0 Å². The second-order valence-corrected chi connectivity index (χ2v) is 30.3. The van der Waals surface area contributed by atoms with Gasteiger partial charge in [-0.25, -0.2) is 9.13 Å². The molecule has 540 valence electrons. The minimum absolute atomic E-state index is 0.102. The molecule has 0 aliphatic heterocycles. The van der Waals surface area contributed by atoms with E-state index in [-0.39, 0.29) is 25.7 Å². The number of phosphoric acid groups is 2. The van der Waals surface area contributed by atoms with E-state index in [0.717, 1.165) is 114 Å². The molecule has 0 bridgehead atoms. The second kappa shape index (κ2) is 61.6. The molecule has 0 aromatic rings. The Balaban J connectivity index is 5.22. The van der Waals surface area contributed by atoms with Crippen LogP contribution in [0.2, 0.25) is 0 Å². The van der Waals surface area contributed by atoms with E-state index in [4.69, 9.17) is 37.0 Å². The summed E-state index contributed by atoms with van der Waals surface area (Å²) in [4.78, 5) is 72.6. The number of aliphatic hydroxyl groups is 1. The van der Waals surface area contributed by atoms with Crippen LogP contribution in [0.15, 0.2) is 0 Å². The van der Waals surface area contributed by atoms with Crippen LogP contribution in [-0.4, -0.2) is 96.7 Å². The largest absolute Gasteiger partial charge is 0.472 e. The third-order valence-electron chi connectivity index (χ3n) is 17.3. The molecule has 3 N–H and O–H groups in total. The fourth-order valence-corrected chi connectivity index (χ4v) is 12.4. The molecule has 0 aliphatic rings. The van der Waals surface area contributed by atoms with Crippen molar-refractivity contribution in [2.24, 2.45) is 23.7 Å². The fraction of sp³-hybridized carbons (Fsp3) is 0.944. The van der Waals surface area contributed by atoms with Gasteiger partial charge in [-0.15, -0.1) is 0 Å². The number of aliphatic hydroxyl groups excluding tert-OH is 1. The molecule has 7 atom stereocenters. The van der Waals surface area contributed by atoms with Gasteiger partial charge >= 0.3 is 39.5 Å². The van der Waals surface area contributed by atoms with Gasteiger partial charge in [-0.05, 0) is 49.4 Å². The Morgan fingerprint density at radius 3 is 0.780 bits per heavy atom. The molecule has 0 spiro atoms. The van der Waals surface area contributed by atoms with Gasteiger partial charge in [-0.2, -0.15) is 0 Å². The summed E-state index contributed by atoms with van der Waals surface area (Å²) in [7, 11) is -9.90. The monoisotopic (exact) mass is 1340 g/mol. The van der Waals surface area contributed by atoms with Crippen LogP contribution in [0.1, 0.15) is 357 Å². The van der Waals surface area contributed by atoms with E-state index in [9.17, 15) is 43.2 Å². The average Bonchev–Trinajstić information content (AvgIpc) is 3.49. The lowest BCUT2D eigenvalue weighted by Gasteiger charge is -2.21. The van der Waals surface area contributed by atoms with Gasteiger partial charge in [0.05, 0.1) is 26.4 Å². The first-order valence-electron chi connectivity index (χ1n) is 37.3. The van der Waals surface area contributed by atoms with Gasteiger partial charge in [0.15, 0.2) is 12.2 Å². The number of ether oxygens (including phenoxy) is 4. The number of carbonyl (C=O) groups is 4. The SMILES string of the molecule is CCC(C)CCCCCCCCCCC(=O)OC[C@H](COP(=O)(O)OCC(O)COP(=O)(O)OC[C@@H](COC(=O)CCCCCCCCCC(C)C)OC(=O)CCCCCCCCC(C)CC)OC(=O)CCCCCCCCCCCCCCCCCCC(C)C. The zero-order valence-electron chi connectivity index (χ0n) is 59.5. The number of esters is 4. The van der Waals surface area contributed by atoms with E-state index in [1.54, 1.807) is 0 Å². The molecule has 0 saturated heterocycles. The standard InChI is InChI=1S/C72H140O17P2/c1-9-64(7)50-42-34-26-21-22-27-36-44-52-69(74)82-58-67(88-71(76)54-46-38-28-20-18-16-14-12-11-13-15-17-19-24-32-40-48-62(3)4)60-86-90(78,79)84-56-66(73)57-85-91(80,81)87-61-68(89-72(77)55-47-39-31-30-35-43-51-65(8)10-2)59-83-70(75)53-45-37-29-23-25-33-41-49-63(5)6/h62-68,73H,9-61H2,1-8H3,(H,78,79)(H,80,81)/t64?,65?,66?,67-,68-/m1/s1.